The number of furan rings is 1. The Labute approximate surface area is 176 Å². The van der Waals surface area contributed by atoms with Gasteiger partial charge in [0.2, 0.25) is 5.76 Å². The molecular weight excluding hydrogens is 404 g/mol. The molecule has 30 heavy (non-hydrogen) atoms. The number of esters is 1. The third-order valence-electron chi connectivity index (χ3n) is 4.91. The molecule has 0 spiro atoms. The molecule has 0 atom stereocenters. The second-order valence-corrected chi connectivity index (χ2v) is 8.04. The van der Waals surface area contributed by atoms with Crippen LogP contribution in [0.2, 0.25) is 0 Å². The third-order valence-corrected chi connectivity index (χ3v) is 5.93. The van der Waals surface area contributed by atoms with Crippen molar-refractivity contribution in [1.29, 1.82) is 0 Å². The van der Waals surface area contributed by atoms with E-state index in [9.17, 15) is 9.59 Å². The normalized spacial score (nSPS) is 11.1. The number of ether oxygens (including phenoxy) is 2. The topological polar surface area (TPSA) is 83.6 Å². The summed E-state index contributed by atoms with van der Waals surface area (Å²) in [6.45, 7) is 4.12. The van der Waals surface area contributed by atoms with Crippen molar-refractivity contribution in [2.75, 3.05) is 14.2 Å². The standard InChI is InChI=1S/C22H20N2O5S/c1-12-9-14(5-7-16(12)27-3)18-13(2)30-20-19(18)21(25)24(11-23-20)10-15-6-8-17(29-15)22(26)28-4/h5-9,11H,10H2,1-4H3. The van der Waals surface area contributed by atoms with Crippen LogP contribution in [0.15, 0.2) is 45.9 Å². The van der Waals surface area contributed by atoms with Gasteiger partial charge < -0.3 is 13.9 Å². The zero-order valence-corrected chi connectivity index (χ0v) is 17.8. The maximum absolute atomic E-state index is 13.3. The highest BCUT2D eigenvalue weighted by molar-refractivity contribution is 7.19. The fourth-order valence-electron chi connectivity index (χ4n) is 3.47. The van der Waals surface area contributed by atoms with Gasteiger partial charge in [-0.1, -0.05) is 6.07 Å². The Hall–Kier alpha value is -3.39. The molecule has 8 heteroatoms. The molecule has 0 fully saturated rings. The van der Waals surface area contributed by atoms with E-state index in [4.69, 9.17) is 9.15 Å². The van der Waals surface area contributed by atoms with Crippen LogP contribution in [0.3, 0.4) is 0 Å². The minimum atomic E-state index is -0.562. The molecule has 4 rings (SSSR count). The molecule has 154 valence electrons. The van der Waals surface area contributed by atoms with Gasteiger partial charge >= 0.3 is 5.97 Å². The van der Waals surface area contributed by atoms with Gasteiger partial charge in [0.1, 0.15) is 16.3 Å². The highest BCUT2D eigenvalue weighted by Crippen LogP contribution is 2.37. The van der Waals surface area contributed by atoms with Crippen LogP contribution in [0.5, 0.6) is 5.75 Å². The van der Waals surface area contributed by atoms with Crippen LogP contribution in [-0.2, 0) is 11.3 Å². The second-order valence-electron chi connectivity index (χ2n) is 6.83. The lowest BCUT2D eigenvalue weighted by Gasteiger charge is -2.08. The molecule has 0 N–H and O–H groups in total. The molecule has 0 unspecified atom stereocenters. The molecule has 4 aromatic rings. The maximum Gasteiger partial charge on any atom is 0.373 e. The summed E-state index contributed by atoms with van der Waals surface area (Å²) in [5.74, 6) is 0.793. The predicted octanol–water partition coefficient (Wildman–Crippen LogP) is 4.18. The number of methoxy groups -OCH3 is 2. The number of fused-ring (bicyclic) bond motifs is 1. The first kappa shape index (κ1) is 19.9. The predicted molar refractivity (Wildman–Crippen MR) is 114 cm³/mol. The number of rotatable bonds is 5. The molecule has 0 aliphatic carbocycles. The number of hydrogen-bond donors (Lipinski definition) is 0. The van der Waals surface area contributed by atoms with E-state index in [1.54, 1.807) is 13.2 Å². The van der Waals surface area contributed by atoms with Crippen LogP contribution in [0.1, 0.15) is 26.8 Å². The number of hydrogen-bond acceptors (Lipinski definition) is 7. The van der Waals surface area contributed by atoms with Crippen LogP contribution in [-0.4, -0.2) is 29.7 Å². The van der Waals surface area contributed by atoms with E-state index in [1.807, 2.05) is 32.0 Å². The molecular formula is C22H20N2O5S. The molecule has 0 aliphatic rings. The fourth-order valence-corrected chi connectivity index (χ4v) is 4.48. The minimum absolute atomic E-state index is 0.0929. The second kappa shape index (κ2) is 7.79. The van der Waals surface area contributed by atoms with E-state index in [-0.39, 0.29) is 17.9 Å². The molecule has 1 aromatic carbocycles. The average Bonchev–Trinajstić information content (AvgIpc) is 3.33. The molecule has 0 saturated heterocycles. The summed E-state index contributed by atoms with van der Waals surface area (Å²) in [6, 6.07) is 9.04. The molecule has 0 radical (unpaired) electrons. The molecule has 0 bridgehead atoms. The van der Waals surface area contributed by atoms with Crippen molar-refractivity contribution >= 4 is 27.5 Å². The molecule has 3 aromatic heterocycles. The molecule has 3 heterocycles. The summed E-state index contributed by atoms with van der Waals surface area (Å²) < 4.78 is 17.0. The molecule has 7 nitrogen and oxygen atoms in total. The van der Waals surface area contributed by atoms with E-state index in [0.717, 1.165) is 27.3 Å². The lowest BCUT2D eigenvalue weighted by molar-refractivity contribution is 0.0563. The Balaban J connectivity index is 1.80. The monoisotopic (exact) mass is 424 g/mol. The van der Waals surface area contributed by atoms with E-state index in [0.29, 0.717) is 16.0 Å². The van der Waals surface area contributed by atoms with Crippen LogP contribution in [0.4, 0.5) is 0 Å². The Morgan fingerprint density at radius 3 is 2.70 bits per heavy atom. The molecule has 0 aliphatic heterocycles. The van der Waals surface area contributed by atoms with Crippen LogP contribution >= 0.6 is 11.3 Å². The van der Waals surface area contributed by atoms with Gasteiger partial charge in [-0.2, -0.15) is 0 Å². The number of carbonyl (C=O) groups is 1. The minimum Gasteiger partial charge on any atom is -0.496 e. The van der Waals surface area contributed by atoms with Crippen LogP contribution in [0.25, 0.3) is 21.3 Å². The number of benzene rings is 1. The highest BCUT2D eigenvalue weighted by atomic mass is 32.1. The Morgan fingerprint density at radius 2 is 2.00 bits per heavy atom. The zero-order chi connectivity index (χ0) is 21.4. The number of aromatic nitrogens is 2. The van der Waals surface area contributed by atoms with E-state index >= 15 is 0 Å². The lowest BCUT2D eigenvalue weighted by Crippen LogP contribution is -2.20. The van der Waals surface area contributed by atoms with Gasteiger partial charge in [-0.25, -0.2) is 9.78 Å². The van der Waals surface area contributed by atoms with Crippen molar-refractivity contribution in [2.45, 2.75) is 20.4 Å². The van der Waals surface area contributed by atoms with Crippen molar-refractivity contribution < 1.29 is 18.7 Å². The third kappa shape index (κ3) is 3.39. The van der Waals surface area contributed by atoms with Gasteiger partial charge in [0, 0.05) is 10.4 Å². The lowest BCUT2D eigenvalue weighted by atomic mass is 10.0. The highest BCUT2D eigenvalue weighted by Gasteiger charge is 2.19. The summed E-state index contributed by atoms with van der Waals surface area (Å²) >= 11 is 1.49. The first-order valence-corrected chi connectivity index (χ1v) is 10.0. The van der Waals surface area contributed by atoms with Gasteiger partial charge in [0.15, 0.2) is 0 Å². The van der Waals surface area contributed by atoms with Gasteiger partial charge in [-0.05, 0) is 49.2 Å². The van der Waals surface area contributed by atoms with Gasteiger partial charge in [0.05, 0.1) is 32.5 Å². The summed E-state index contributed by atoms with van der Waals surface area (Å²) in [5.41, 5.74) is 2.65. The van der Waals surface area contributed by atoms with Crippen molar-refractivity contribution in [3.8, 4) is 16.9 Å². The SMILES string of the molecule is COC(=O)c1ccc(Cn2cnc3sc(C)c(-c4ccc(OC)c(C)c4)c3c2=O)o1. The number of thiophene rings is 1. The first-order valence-electron chi connectivity index (χ1n) is 9.23. The molecule has 0 amide bonds. The summed E-state index contributed by atoms with van der Waals surface area (Å²) in [6.07, 6.45) is 1.50. The fraction of sp³-hybridized carbons (Fsp3) is 0.227. The van der Waals surface area contributed by atoms with Gasteiger partial charge in [0.25, 0.3) is 5.56 Å². The van der Waals surface area contributed by atoms with Crippen LogP contribution in [0, 0.1) is 13.8 Å². The summed E-state index contributed by atoms with van der Waals surface area (Å²) in [5, 5.41) is 0.573. The van der Waals surface area contributed by atoms with Gasteiger partial charge in [-0.3, -0.25) is 9.36 Å². The average molecular weight is 424 g/mol. The van der Waals surface area contributed by atoms with Crippen molar-refractivity contribution in [1.82, 2.24) is 9.55 Å². The van der Waals surface area contributed by atoms with E-state index in [2.05, 4.69) is 9.72 Å². The van der Waals surface area contributed by atoms with Gasteiger partial charge in [-0.15, -0.1) is 11.3 Å². The Bertz CT molecular complexity index is 1320. The number of carbonyl (C=O) groups excluding carboxylic acids is 1. The van der Waals surface area contributed by atoms with Crippen LogP contribution < -0.4 is 10.3 Å². The molecule has 0 saturated carbocycles. The van der Waals surface area contributed by atoms with E-state index in [1.165, 1.54) is 35.4 Å². The van der Waals surface area contributed by atoms with Crippen molar-refractivity contribution in [2.24, 2.45) is 0 Å². The maximum atomic E-state index is 13.3. The zero-order valence-electron chi connectivity index (χ0n) is 17.0. The summed E-state index contributed by atoms with van der Waals surface area (Å²) in [4.78, 5) is 31.1. The Kier molecular flexibility index (Phi) is 5.17. The number of aryl methyl sites for hydroxylation is 2. The quantitative estimate of drug-likeness (QED) is 0.447. The van der Waals surface area contributed by atoms with Crippen molar-refractivity contribution in [3.05, 3.63) is 69.0 Å². The largest absolute Gasteiger partial charge is 0.496 e. The Morgan fingerprint density at radius 1 is 1.20 bits per heavy atom. The first-order chi connectivity index (χ1) is 14.4. The number of nitrogens with zero attached hydrogens (tertiary/aromatic N) is 2. The van der Waals surface area contributed by atoms with E-state index < -0.39 is 5.97 Å². The smallest absolute Gasteiger partial charge is 0.373 e. The van der Waals surface area contributed by atoms with Crippen molar-refractivity contribution in [3.63, 3.8) is 0 Å². The summed E-state index contributed by atoms with van der Waals surface area (Å²) in [7, 11) is 2.92.